The molecule has 0 aliphatic rings. The first-order valence-electron chi connectivity index (χ1n) is 4.41. The van der Waals surface area contributed by atoms with Crippen LogP contribution < -0.4 is 5.32 Å². The summed E-state index contributed by atoms with van der Waals surface area (Å²) >= 11 is 11.5. The quantitative estimate of drug-likeness (QED) is 0.830. The lowest BCUT2D eigenvalue weighted by Crippen LogP contribution is -2.19. The highest BCUT2D eigenvalue weighted by Gasteiger charge is 2.04. The first kappa shape index (κ1) is 11.6. The molecule has 0 radical (unpaired) electrons. The minimum Gasteiger partial charge on any atom is -0.305 e. The highest BCUT2D eigenvalue weighted by atomic mass is 35.5. The van der Waals surface area contributed by atoms with E-state index in [0.29, 0.717) is 11.6 Å². The van der Waals surface area contributed by atoms with Crippen molar-refractivity contribution in [1.29, 1.82) is 0 Å². The summed E-state index contributed by atoms with van der Waals surface area (Å²) in [6, 6.07) is 7.99. The van der Waals surface area contributed by atoms with Crippen molar-refractivity contribution in [1.82, 2.24) is 5.32 Å². The van der Waals surface area contributed by atoms with E-state index in [1.165, 1.54) is 0 Å². The summed E-state index contributed by atoms with van der Waals surface area (Å²) in [6.45, 7) is 6.28. The summed E-state index contributed by atoms with van der Waals surface area (Å²) < 4.78 is 0. The van der Waals surface area contributed by atoms with Crippen molar-refractivity contribution in [3.8, 4) is 0 Å². The maximum Gasteiger partial charge on any atom is 0.0409 e. The van der Waals surface area contributed by atoms with Gasteiger partial charge in [0.2, 0.25) is 0 Å². The van der Waals surface area contributed by atoms with E-state index in [9.17, 15) is 0 Å². The molecule has 1 atom stereocenters. The molecule has 0 amide bonds. The van der Waals surface area contributed by atoms with Gasteiger partial charge in [-0.3, -0.25) is 0 Å². The van der Waals surface area contributed by atoms with Gasteiger partial charge in [-0.2, -0.15) is 0 Å². The normalized spacial score (nSPS) is 12.5. The largest absolute Gasteiger partial charge is 0.305 e. The van der Waals surface area contributed by atoms with Crippen LogP contribution >= 0.6 is 23.2 Å². The Morgan fingerprint density at radius 2 is 2.29 bits per heavy atom. The summed E-state index contributed by atoms with van der Waals surface area (Å²) in [7, 11) is 0. The molecule has 1 N–H and O–H groups in total. The van der Waals surface area contributed by atoms with E-state index in [2.05, 4.69) is 18.8 Å². The van der Waals surface area contributed by atoms with E-state index in [0.717, 1.165) is 10.6 Å². The Morgan fingerprint density at radius 1 is 1.57 bits per heavy atom. The first-order chi connectivity index (χ1) is 6.59. The summed E-state index contributed by atoms with van der Waals surface area (Å²) in [6.07, 6.45) is 0. The molecule has 1 aromatic carbocycles. The van der Waals surface area contributed by atoms with Crippen LogP contribution in [0.4, 0.5) is 0 Å². The van der Waals surface area contributed by atoms with Gasteiger partial charge in [0.15, 0.2) is 0 Å². The Bertz CT molecular complexity index is 323. The lowest BCUT2D eigenvalue weighted by molar-refractivity contribution is 0.614. The van der Waals surface area contributed by atoms with Gasteiger partial charge in [0.1, 0.15) is 0 Å². The SMILES string of the molecule is C=C(Cl)CN[C@H](C)c1cccc(Cl)c1. The third-order valence-electron chi connectivity index (χ3n) is 1.95. The van der Waals surface area contributed by atoms with Gasteiger partial charge in [-0.1, -0.05) is 41.9 Å². The average molecular weight is 230 g/mol. The Morgan fingerprint density at radius 3 is 2.86 bits per heavy atom. The fourth-order valence-electron chi connectivity index (χ4n) is 1.16. The van der Waals surface area contributed by atoms with Gasteiger partial charge in [-0.15, -0.1) is 0 Å². The zero-order valence-corrected chi connectivity index (χ0v) is 9.57. The second kappa shape index (κ2) is 5.40. The van der Waals surface area contributed by atoms with Crippen molar-refractivity contribution in [3.63, 3.8) is 0 Å². The van der Waals surface area contributed by atoms with Crippen LogP contribution in [0.25, 0.3) is 0 Å². The fraction of sp³-hybridized carbons (Fsp3) is 0.273. The van der Waals surface area contributed by atoms with E-state index in [1.54, 1.807) is 0 Å². The second-order valence-corrected chi connectivity index (χ2v) is 4.15. The molecule has 0 heterocycles. The smallest absolute Gasteiger partial charge is 0.0409 e. The van der Waals surface area contributed by atoms with Crippen LogP contribution in [0.15, 0.2) is 35.9 Å². The number of nitrogens with one attached hydrogen (secondary N) is 1. The minimum atomic E-state index is 0.226. The van der Waals surface area contributed by atoms with Crippen molar-refractivity contribution in [2.45, 2.75) is 13.0 Å². The van der Waals surface area contributed by atoms with Crippen LogP contribution in [-0.2, 0) is 0 Å². The topological polar surface area (TPSA) is 12.0 Å². The minimum absolute atomic E-state index is 0.226. The Balaban J connectivity index is 2.60. The Labute approximate surface area is 94.7 Å². The zero-order valence-electron chi connectivity index (χ0n) is 8.06. The van der Waals surface area contributed by atoms with Gasteiger partial charge in [0.05, 0.1) is 0 Å². The molecular formula is C11H13Cl2N. The molecule has 76 valence electrons. The first-order valence-corrected chi connectivity index (χ1v) is 5.17. The van der Waals surface area contributed by atoms with Crippen molar-refractivity contribution in [3.05, 3.63) is 46.5 Å². The van der Waals surface area contributed by atoms with Crippen molar-refractivity contribution < 1.29 is 0 Å². The number of hydrogen-bond donors (Lipinski definition) is 1. The van der Waals surface area contributed by atoms with Crippen molar-refractivity contribution >= 4 is 23.2 Å². The van der Waals surface area contributed by atoms with Crippen LogP contribution in [0.1, 0.15) is 18.5 Å². The van der Waals surface area contributed by atoms with E-state index < -0.39 is 0 Å². The molecule has 0 spiro atoms. The zero-order chi connectivity index (χ0) is 10.6. The highest BCUT2D eigenvalue weighted by Crippen LogP contribution is 2.17. The maximum absolute atomic E-state index is 5.88. The molecule has 0 aliphatic carbocycles. The third kappa shape index (κ3) is 3.70. The number of halogens is 2. The maximum atomic E-state index is 5.88. The summed E-state index contributed by atoms with van der Waals surface area (Å²) in [5.41, 5.74) is 1.15. The van der Waals surface area contributed by atoms with Crippen LogP contribution in [0.5, 0.6) is 0 Å². The van der Waals surface area contributed by atoms with Gasteiger partial charge in [0.25, 0.3) is 0 Å². The van der Waals surface area contributed by atoms with Gasteiger partial charge in [0, 0.05) is 22.6 Å². The fourth-order valence-corrected chi connectivity index (χ4v) is 1.43. The standard InChI is InChI=1S/C11H13Cl2N/c1-8(12)7-14-9(2)10-4-3-5-11(13)6-10/h3-6,9,14H,1,7H2,2H3/t9-/m1/s1. The molecule has 0 aromatic heterocycles. The van der Waals surface area contributed by atoms with Crippen LogP contribution in [0, 0.1) is 0 Å². The van der Waals surface area contributed by atoms with Gasteiger partial charge in [-0.05, 0) is 24.6 Å². The van der Waals surface area contributed by atoms with E-state index in [1.807, 2.05) is 24.3 Å². The lowest BCUT2D eigenvalue weighted by atomic mass is 10.1. The highest BCUT2D eigenvalue weighted by molar-refractivity contribution is 6.30. The molecule has 0 saturated heterocycles. The lowest BCUT2D eigenvalue weighted by Gasteiger charge is -2.13. The third-order valence-corrected chi connectivity index (χ3v) is 2.32. The molecule has 0 saturated carbocycles. The Kier molecular flexibility index (Phi) is 4.46. The molecular weight excluding hydrogens is 217 g/mol. The van der Waals surface area contributed by atoms with E-state index in [-0.39, 0.29) is 6.04 Å². The predicted octanol–water partition coefficient (Wildman–Crippen LogP) is 3.74. The van der Waals surface area contributed by atoms with Gasteiger partial charge < -0.3 is 5.32 Å². The van der Waals surface area contributed by atoms with Crippen LogP contribution in [0.2, 0.25) is 5.02 Å². The monoisotopic (exact) mass is 229 g/mol. The average Bonchev–Trinajstić information content (AvgIpc) is 2.14. The Hall–Kier alpha value is -0.500. The van der Waals surface area contributed by atoms with Gasteiger partial charge >= 0.3 is 0 Å². The van der Waals surface area contributed by atoms with E-state index >= 15 is 0 Å². The van der Waals surface area contributed by atoms with Crippen molar-refractivity contribution in [2.24, 2.45) is 0 Å². The molecule has 0 bridgehead atoms. The summed E-state index contributed by atoms with van der Waals surface area (Å²) in [4.78, 5) is 0. The molecule has 14 heavy (non-hydrogen) atoms. The predicted molar refractivity (Wildman–Crippen MR) is 62.9 cm³/mol. The molecule has 3 heteroatoms. The molecule has 0 fully saturated rings. The number of hydrogen-bond acceptors (Lipinski definition) is 1. The molecule has 1 aromatic rings. The second-order valence-electron chi connectivity index (χ2n) is 3.17. The summed E-state index contributed by atoms with van der Waals surface area (Å²) in [5.74, 6) is 0. The molecule has 1 rings (SSSR count). The summed E-state index contributed by atoms with van der Waals surface area (Å²) in [5, 5.41) is 4.60. The number of rotatable bonds is 4. The molecule has 0 unspecified atom stereocenters. The van der Waals surface area contributed by atoms with E-state index in [4.69, 9.17) is 23.2 Å². The molecule has 0 aliphatic heterocycles. The van der Waals surface area contributed by atoms with Crippen LogP contribution in [0.3, 0.4) is 0 Å². The van der Waals surface area contributed by atoms with Gasteiger partial charge in [-0.25, -0.2) is 0 Å². The molecule has 1 nitrogen and oxygen atoms in total. The van der Waals surface area contributed by atoms with Crippen LogP contribution in [-0.4, -0.2) is 6.54 Å². The number of benzene rings is 1. The van der Waals surface area contributed by atoms with Crippen molar-refractivity contribution in [2.75, 3.05) is 6.54 Å².